The normalized spacial score (nSPS) is 11.4. The van der Waals surface area contributed by atoms with Gasteiger partial charge in [-0.15, -0.1) is 6.42 Å². The third-order valence-corrected chi connectivity index (χ3v) is 3.83. The highest BCUT2D eigenvalue weighted by Crippen LogP contribution is 2.35. The third kappa shape index (κ3) is 3.49. The molecule has 1 heterocycles. The molecule has 0 aliphatic heterocycles. The van der Waals surface area contributed by atoms with Gasteiger partial charge in [0.05, 0.1) is 11.1 Å². The van der Waals surface area contributed by atoms with Crippen LogP contribution in [0.4, 0.5) is 22.0 Å². The van der Waals surface area contributed by atoms with Crippen molar-refractivity contribution in [3.63, 3.8) is 0 Å². The van der Waals surface area contributed by atoms with E-state index in [9.17, 15) is 27.1 Å². The average molecular weight is 379 g/mol. The molecule has 3 nitrogen and oxygen atoms in total. The molecule has 138 valence electrons. The number of aromatic hydroxyl groups is 1. The first-order valence-electron chi connectivity index (χ1n) is 7.48. The Hall–Kier alpha value is -3.34. The van der Waals surface area contributed by atoms with Crippen LogP contribution < -0.4 is 4.74 Å². The Morgan fingerprint density at radius 3 is 2.52 bits per heavy atom. The van der Waals surface area contributed by atoms with E-state index in [-0.39, 0.29) is 22.2 Å². The quantitative estimate of drug-likeness (QED) is 0.525. The molecule has 3 rings (SSSR count). The molecular weight excluding hydrogens is 369 g/mol. The molecule has 0 aliphatic carbocycles. The molecule has 0 amide bonds. The van der Waals surface area contributed by atoms with Gasteiger partial charge in [-0.05, 0) is 30.3 Å². The Kier molecular flexibility index (Phi) is 4.62. The van der Waals surface area contributed by atoms with E-state index in [1.165, 1.54) is 6.07 Å². The lowest BCUT2D eigenvalue weighted by Crippen LogP contribution is -2.13. The van der Waals surface area contributed by atoms with E-state index >= 15 is 0 Å². The Morgan fingerprint density at radius 1 is 1.11 bits per heavy atom. The van der Waals surface area contributed by atoms with Crippen LogP contribution in [0.5, 0.6) is 11.8 Å². The summed E-state index contributed by atoms with van der Waals surface area (Å²) in [4.78, 5) is 3.67. The summed E-state index contributed by atoms with van der Waals surface area (Å²) in [5.41, 5.74) is -1.97. The van der Waals surface area contributed by atoms with E-state index < -0.39 is 41.4 Å². The first kappa shape index (κ1) is 18.5. The maximum Gasteiger partial charge on any atom is 0.416 e. The molecule has 1 aromatic heterocycles. The molecule has 0 saturated heterocycles. The van der Waals surface area contributed by atoms with Crippen LogP contribution in [-0.2, 0) is 12.8 Å². The fourth-order valence-electron chi connectivity index (χ4n) is 2.61. The molecule has 0 bridgehead atoms. The van der Waals surface area contributed by atoms with E-state index in [4.69, 9.17) is 11.2 Å². The van der Waals surface area contributed by atoms with Crippen molar-refractivity contribution in [1.29, 1.82) is 0 Å². The lowest BCUT2D eigenvalue weighted by Gasteiger charge is -2.15. The van der Waals surface area contributed by atoms with Gasteiger partial charge in [0.25, 0.3) is 0 Å². The predicted molar refractivity (Wildman–Crippen MR) is 87.0 cm³/mol. The molecule has 1 N–H and O–H groups in total. The summed E-state index contributed by atoms with van der Waals surface area (Å²) >= 11 is 0. The number of nitrogens with zero attached hydrogens (tertiary/aromatic N) is 1. The molecule has 0 saturated carbocycles. The highest BCUT2D eigenvalue weighted by atomic mass is 19.4. The zero-order chi connectivity index (χ0) is 19.8. The van der Waals surface area contributed by atoms with Gasteiger partial charge in [-0.25, -0.2) is 8.78 Å². The molecule has 3 aromatic rings. The van der Waals surface area contributed by atoms with Gasteiger partial charge < -0.3 is 9.84 Å². The third-order valence-electron chi connectivity index (χ3n) is 3.83. The number of alkyl halides is 3. The Balaban J connectivity index is 2.08. The second kappa shape index (κ2) is 6.76. The van der Waals surface area contributed by atoms with Gasteiger partial charge >= 0.3 is 6.18 Å². The van der Waals surface area contributed by atoms with Crippen LogP contribution >= 0.6 is 0 Å². The summed E-state index contributed by atoms with van der Waals surface area (Å²) in [5, 5.41) is 10.2. The van der Waals surface area contributed by atoms with Crippen molar-refractivity contribution in [2.75, 3.05) is 0 Å². The van der Waals surface area contributed by atoms with Crippen LogP contribution in [0.25, 0.3) is 10.8 Å². The van der Waals surface area contributed by atoms with E-state index in [0.717, 1.165) is 24.3 Å². The summed E-state index contributed by atoms with van der Waals surface area (Å²) in [5.74, 6) is -0.591. The number of aromatic nitrogens is 1. The number of hydrogen-bond donors (Lipinski definition) is 1. The van der Waals surface area contributed by atoms with E-state index in [1.54, 1.807) is 0 Å². The maximum atomic E-state index is 13.9. The molecule has 0 aliphatic rings. The van der Waals surface area contributed by atoms with Crippen molar-refractivity contribution in [2.24, 2.45) is 0 Å². The minimum atomic E-state index is -4.79. The van der Waals surface area contributed by atoms with Crippen molar-refractivity contribution in [1.82, 2.24) is 4.98 Å². The minimum Gasteiger partial charge on any atom is -0.492 e. The van der Waals surface area contributed by atoms with Crippen molar-refractivity contribution in [2.45, 2.75) is 12.8 Å². The van der Waals surface area contributed by atoms with Crippen LogP contribution in [0.15, 0.2) is 36.4 Å². The SMILES string of the molecule is C#Cc1c(O)nc(OCc2c(F)cccc2C(F)(F)F)c2cc(F)ccc12. The zero-order valence-corrected chi connectivity index (χ0v) is 13.4. The maximum absolute atomic E-state index is 13.9. The summed E-state index contributed by atoms with van der Waals surface area (Å²) in [6.45, 7) is -0.838. The summed E-state index contributed by atoms with van der Waals surface area (Å²) < 4.78 is 71.9. The Morgan fingerprint density at radius 2 is 1.85 bits per heavy atom. The minimum absolute atomic E-state index is 0.0285. The Labute approximate surface area is 150 Å². The standard InChI is InChI=1S/C19H10F5NO2/c1-2-11-12-7-6-10(20)8-13(12)18(25-17(11)26)27-9-14-15(19(22,23)24)4-3-5-16(14)21/h1,3-8H,9H2,(H,25,26). The van der Waals surface area contributed by atoms with Gasteiger partial charge in [-0.1, -0.05) is 12.0 Å². The van der Waals surface area contributed by atoms with Crippen LogP contribution in [0.1, 0.15) is 16.7 Å². The topological polar surface area (TPSA) is 42.4 Å². The van der Waals surface area contributed by atoms with Crippen molar-refractivity contribution >= 4 is 10.8 Å². The molecule has 2 aromatic carbocycles. The number of hydrogen-bond acceptors (Lipinski definition) is 3. The molecule has 0 fully saturated rings. The van der Waals surface area contributed by atoms with Crippen LogP contribution in [0.2, 0.25) is 0 Å². The predicted octanol–water partition coefficient (Wildman–Crippen LogP) is 4.80. The number of fused-ring (bicyclic) bond motifs is 1. The number of terminal acetylenes is 1. The number of halogens is 5. The number of benzene rings is 2. The van der Waals surface area contributed by atoms with Gasteiger partial charge in [-0.2, -0.15) is 18.2 Å². The molecule has 8 heteroatoms. The highest BCUT2D eigenvalue weighted by molar-refractivity contribution is 5.93. The second-order valence-electron chi connectivity index (χ2n) is 5.50. The van der Waals surface area contributed by atoms with E-state index in [0.29, 0.717) is 6.07 Å². The zero-order valence-electron chi connectivity index (χ0n) is 13.4. The van der Waals surface area contributed by atoms with Gasteiger partial charge in [0.1, 0.15) is 18.2 Å². The summed E-state index contributed by atoms with van der Waals surface area (Å²) in [6, 6.07) is 5.87. The summed E-state index contributed by atoms with van der Waals surface area (Å²) in [6.07, 6.45) is 0.505. The highest BCUT2D eigenvalue weighted by Gasteiger charge is 2.34. The lowest BCUT2D eigenvalue weighted by molar-refractivity contribution is -0.138. The monoisotopic (exact) mass is 379 g/mol. The molecule has 0 spiro atoms. The van der Waals surface area contributed by atoms with Gasteiger partial charge in [0.2, 0.25) is 11.8 Å². The average Bonchev–Trinajstić information content (AvgIpc) is 2.60. The van der Waals surface area contributed by atoms with Crippen molar-refractivity contribution < 1.29 is 31.8 Å². The Bertz CT molecular complexity index is 1070. The second-order valence-corrected chi connectivity index (χ2v) is 5.50. The molecule has 27 heavy (non-hydrogen) atoms. The molecule has 0 radical (unpaired) electrons. The number of ether oxygens (including phenoxy) is 1. The van der Waals surface area contributed by atoms with Crippen molar-refractivity contribution in [3.8, 4) is 24.1 Å². The smallest absolute Gasteiger partial charge is 0.416 e. The lowest BCUT2D eigenvalue weighted by atomic mass is 10.1. The largest absolute Gasteiger partial charge is 0.492 e. The summed E-state index contributed by atoms with van der Waals surface area (Å²) in [7, 11) is 0. The van der Waals surface area contributed by atoms with Gasteiger partial charge in [0.15, 0.2) is 0 Å². The van der Waals surface area contributed by atoms with Crippen LogP contribution in [-0.4, -0.2) is 10.1 Å². The molecular formula is C19H10F5NO2. The van der Waals surface area contributed by atoms with Gasteiger partial charge in [0, 0.05) is 16.3 Å². The van der Waals surface area contributed by atoms with Crippen LogP contribution in [0.3, 0.4) is 0 Å². The fraction of sp³-hybridized carbons (Fsp3) is 0.105. The van der Waals surface area contributed by atoms with Gasteiger partial charge in [-0.3, -0.25) is 0 Å². The fourth-order valence-corrected chi connectivity index (χ4v) is 2.61. The van der Waals surface area contributed by atoms with Crippen LogP contribution in [0, 0.1) is 24.0 Å². The first-order chi connectivity index (χ1) is 12.7. The molecule has 0 unspecified atom stereocenters. The first-order valence-corrected chi connectivity index (χ1v) is 7.48. The molecule has 0 atom stereocenters. The number of rotatable bonds is 3. The van der Waals surface area contributed by atoms with E-state index in [2.05, 4.69) is 10.9 Å². The number of pyridine rings is 1. The van der Waals surface area contributed by atoms with E-state index in [1.807, 2.05) is 0 Å². The van der Waals surface area contributed by atoms with Crippen molar-refractivity contribution in [3.05, 3.63) is 64.7 Å².